The van der Waals surface area contributed by atoms with E-state index >= 15 is 0 Å². The average Bonchev–Trinajstić information content (AvgIpc) is 2.50. The van der Waals surface area contributed by atoms with E-state index in [9.17, 15) is 4.79 Å². The minimum absolute atomic E-state index is 0.0851. The maximum atomic E-state index is 12.8. The molecule has 1 unspecified atom stereocenters. The second kappa shape index (κ2) is 6.94. The minimum atomic E-state index is -0.0851. The van der Waals surface area contributed by atoms with Crippen LogP contribution in [-0.2, 0) is 11.2 Å². The van der Waals surface area contributed by atoms with Gasteiger partial charge in [0.2, 0.25) is 5.91 Å². The van der Waals surface area contributed by atoms with Crippen molar-refractivity contribution < 1.29 is 9.53 Å². The maximum Gasteiger partial charge on any atom is 0.231 e. The minimum Gasteiger partial charge on any atom is -0.497 e. The van der Waals surface area contributed by atoms with Crippen molar-refractivity contribution in [2.45, 2.75) is 33.1 Å². The number of nitrogens with zero attached hydrogens (tertiary/aromatic N) is 1. The lowest BCUT2D eigenvalue weighted by Gasteiger charge is -2.32. The van der Waals surface area contributed by atoms with E-state index in [1.165, 1.54) is 5.56 Å². The SMILES string of the molecule is COc1ccc2c(c1)CCCN2C(=O)C(CN)CC(C)C. The molecule has 1 aliphatic rings. The van der Waals surface area contributed by atoms with Gasteiger partial charge in [0.05, 0.1) is 13.0 Å². The van der Waals surface area contributed by atoms with E-state index in [-0.39, 0.29) is 11.8 Å². The highest BCUT2D eigenvalue weighted by molar-refractivity contribution is 5.96. The summed E-state index contributed by atoms with van der Waals surface area (Å²) in [5, 5.41) is 0. The normalized spacial score (nSPS) is 15.8. The van der Waals surface area contributed by atoms with Gasteiger partial charge in [-0.15, -0.1) is 0 Å². The van der Waals surface area contributed by atoms with Crippen molar-refractivity contribution in [3.8, 4) is 5.75 Å². The van der Waals surface area contributed by atoms with Crippen molar-refractivity contribution >= 4 is 11.6 Å². The van der Waals surface area contributed by atoms with Crippen LogP contribution in [0.5, 0.6) is 5.75 Å². The fourth-order valence-electron chi connectivity index (χ4n) is 3.02. The van der Waals surface area contributed by atoms with Crippen LogP contribution >= 0.6 is 0 Å². The fraction of sp³-hybridized carbons (Fsp3) is 0.588. The number of ether oxygens (including phenoxy) is 1. The molecule has 1 amide bonds. The molecule has 0 saturated carbocycles. The van der Waals surface area contributed by atoms with Crippen LogP contribution in [0.2, 0.25) is 0 Å². The molecule has 116 valence electrons. The molecule has 1 atom stereocenters. The Morgan fingerprint density at radius 2 is 2.19 bits per heavy atom. The Morgan fingerprint density at radius 3 is 2.81 bits per heavy atom. The van der Waals surface area contributed by atoms with Crippen LogP contribution in [0.3, 0.4) is 0 Å². The second-order valence-electron chi connectivity index (χ2n) is 6.15. The van der Waals surface area contributed by atoms with Crippen LogP contribution in [0.4, 0.5) is 5.69 Å². The van der Waals surface area contributed by atoms with Crippen LogP contribution in [0, 0.1) is 11.8 Å². The third-order valence-corrected chi connectivity index (χ3v) is 4.06. The number of amides is 1. The quantitative estimate of drug-likeness (QED) is 0.907. The largest absolute Gasteiger partial charge is 0.497 e. The van der Waals surface area contributed by atoms with Gasteiger partial charge < -0.3 is 15.4 Å². The molecule has 1 heterocycles. The summed E-state index contributed by atoms with van der Waals surface area (Å²) in [7, 11) is 1.67. The molecule has 0 bridgehead atoms. The first kappa shape index (κ1) is 15.8. The van der Waals surface area contributed by atoms with E-state index in [0.717, 1.165) is 37.2 Å². The summed E-state index contributed by atoms with van der Waals surface area (Å²) in [6, 6.07) is 5.95. The highest BCUT2D eigenvalue weighted by Crippen LogP contribution is 2.32. The Balaban J connectivity index is 2.24. The Hall–Kier alpha value is -1.55. The van der Waals surface area contributed by atoms with Gasteiger partial charge in [0.25, 0.3) is 0 Å². The molecule has 0 spiro atoms. The number of aryl methyl sites for hydroxylation is 1. The maximum absolute atomic E-state index is 12.8. The van der Waals surface area contributed by atoms with E-state index in [0.29, 0.717) is 12.5 Å². The third-order valence-electron chi connectivity index (χ3n) is 4.06. The topological polar surface area (TPSA) is 55.6 Å². The zero-order valence-corrected chi connectivity index (χ0v) is 13.3. The number of hydrogen-bond acceptors (Lipinski definition) is 3. The lowest BCUT2D eigenvalue weighted by atomic mass is 9.93. The van der Waals surface area contributed by atoms with Gasteiger partial charge in [-0.1, -0.05) is 13.8 Å². The van der Waals surface area contributed by atoms with Gasteiger partial charge in [-0.2, -0.15) is 0 Å². The van der Waals surface area contributed by atoms with Gasteiger partial charge in [0.15, 0.2) is 0 Å². The number of nitrogens with two attached hydrogens (primary N) is 1. The molecule has 1 aliphatic heterocycles. The zero-order valence-electron chi connectivity index (χ0n) is 13.3. The van der Waals surface area contributed by atoms with E-state index in [1.807, 2.05) is 23.1 Å². The van der Waals surface area contributed by atoms with Gasteiger partial charge in [-0.25, -0.2) is 0 Å². The first-order valence-electron chi connectivity index (χ1n) is 7.75. The van der Waals surface area contributed by atoms with E-state index < -0.39 is 0 Å². The smallest absolute Gasteiger partial charge is 0.231 e. The van der Waals surface area contributed by atoms with Gasteiger partial charge >= 0.3 is 0 Å². The third kappa shape index (κ3) is 3.56. The van der Waals surface area contributed by atoms with Crippen LogP contribution in [0.1, 0.15) is 32.3 Å². The first-order chi connectivity index (χ1) is 10.1. The summed E-state index contributed by atoms with van der Waals surface area (Å²) in [5.74, 6) is 1.40. The van der Waals surface area contributed by atoms with Crippen LogP contribution in [0.15, 0.2) is 18.2 Å². The Labute approximate surface area is 127 Å². The molecular weight excluding hydrogens is 264 g/mol. The molecule has 4 heteroatoms. The number of rotatable bonds is 5. The molecule has 0 saturated heterocycles. The molecule has 4 nitrogen and oxygen atoms in total. The molecule has 0 aliphatic carbocycles. The fourth-order valence-corrected chi connectivity index (χ4v) is 3.02. The van der Waals surface area contributed by atoms with Crippen molar-refractivity contribution in [2.75, 3.05) is 25.1 Å². The monoisotopic (exact) mass is 290 g/mol. The van der Waals surface area contributed by atoms with Gasteiger partial charge in [-0.3, -0.25) is 4.79 Å². The summed E-state index contributed by atoms with van der Waals surface area (Å²) in [6.07, 6.45) is 2.83. The number of benzene rings is 1. The summed E-state index contributed by atoms with van der Waals surface area (Å²) in [4.78, 5) is 14.7. The lowest BCUT2D eigenvalue weighted by Crippen LogP contribution is -2.42. The van der Waals surface area contributed by atoms with Gasteiger partial charge in [0, 0.05) is 18.8 Å². The number of methoxy groups -OCH3 is 1. The van der Waals surface area contributed by atoms with Crippen LogP contribution in [-0.4, -0.2) is 26.1 Å². The Bertz CT molecular complexity index is 500. The van der Waals surface area contributed by atoms with Crippen molar-refractivity contribution in [1.82, 2.24) is 0 Å². The Kier molecular flexibility index (Phi) is 5.23. The van der Waals surface area contributed by atoms with Crippen molar-refractivity contribution in [2.24, 2.45) is 17.6 Å². The van der Waals surface area contributed by atoms with Crippen molar-refractivity contribution in [3.05, 3.63) is 23.8 Å². The first-order valence-corrected chi connectivity index (χ1v) is 7.75. The highest BCUT2D eigenvalue weighted by Gasteiger charge is 2.28. The molecule has 0 aromatic heterocycles. The van der Waals surface area contributed by atoms with Crippen LogP contribution in [0.25, 0.3) is 0 Å². The van der Waals surface area contributed by atoms with Gasteiger partial charge in [0.1, 0.15) is 5.75 Å². The molecular formula is C17H26N2O2. The van der Waals surface area contributed by atoms with E-state index in [2.05, 4.69) is 13.8 Å². The zero-order chi connectivity index (χ0) is 15.4. The molecule has 0 radical (unpaired) electrons. The number of fused-ring (bicyclic) bond motifs is 1. The summed E-state index contributed by atoms with van der Waals surface area (Å²) in [5.41, 5.74) is 8.04. The standard InChI is InChI=1S/C17H26N2O2/c1-12(2)9-14(11-18)17(20)19-8-4-5-13-10-15(21-3)6-7-16(13)19/h6-7,10,12,14H,4-5,8-9,11,18H2,1-3H3. The van der Waals surface area contributed by atoms with Crippen molar-refractivity contribution in [1.29, 1.82) is 0 Å². The molecule has 0 fully saturated rings. The summed E-state index contributed by atoms with van der Waals surface area (Å²) in [6.45, 7) is 5.46. The van der Waals surface area contributed by atoms with Crippen LogP contribution < -0.4 is 15.4 Å². The van der Waals surface area contributed by atoms with E-state index in [1.54, 1.807) is 7.11 Å². The Morgan fingerprint density at radius 1 is 1.43 bits per heavy atom. The number of carbonyl (C=O) groups excluding carboxylic acids is 1. The highest BCUT2D eigenvalue weighted by atomic mass is 16.5. The average molecular weight is 290 g/mol. The number of anilines is 1. The number of carbonyl (C=O) groups is 1. The van der Waals surface area contributed by atoms with E-state index in [4.69, 9.17) is 10.5 Å². The lowest BCUT2D eigenvalue weighted by molar-refractivity contribution is -0.122. The van der Waals surface area contributed by atoms with Gasteiger partial charge in [-0.05, 0) is 48.9 Å². The predicted octanol–water partition coefficient (Wildman–Crippen LogP) is 2.60. The summed E-state index contributed by atoms with van der Waals surface area (Å²) >= 11 is 0. The summed E-state index contributed by atoms with van der Waals surface area (Å²) < 4.78 is 5.27. The molecule has 2 N–H and O–H groups in total. The molecule has 2 rings (SSSR count). The second-order valence-corrected chi connectivity index (χ2v) is 6.15. The number of hydrogen-bond donors (Lipinski definition) is 1. The van der Waals surface area contributed by atoms with Crippen molar-refractivity contribution in [3.63, 3.8) is 0 Å². The predicted molar refractivity (Wildman–Crippen MR) is 85.7 cm³/mol. The molecule has 1 aromatic carbocycles. The molecule has 21 heavy (non-hydrogen) atoms. The molecule has 1 aromatic rings.